The zero-order chi connectivity index (χ0) is 50.7. The summed E-state index contributed by atoms with van der Waals surface area (Å²) >= 11 is 0. The van der Waals surface area contributed by atoms with Crippen LogP contribution in [0.1, 0.15) is 284 Å². The number of allylic oxidation sites excluding steroid dienone is 14. The molecule has 0 heterocycles. The molecule has 402 valence electrons. The number of esters is 3. The largest absolute Gasteiger partial charge is 0.462 e. The summed E-state index contributed by atoms with van der Waals surface area (Å²) in [4.78, 5) is 37.8. The molecule has 6 heteroatoms. The second-order valence-electron chi connectivity index (χ2n) is 19.5. The van der Waals surface area contributed by atoms with Crippen molar-refractivity contribution in [1.82, 2.24) is 0 Å². The zero-order valence-electron chi connectivity index (χ0n) is 46.0. The third-order valence-electron chi connectivity index (χ3n) is 12.6. The normalized spacial score (nSPS) is 12.7. The molecular formula is C64H110O6. The van der Waals surface area contributed by atoms with Gasteiger partial charge < -0.3 is 14.2 Å². The summed E-state index contributed by atoms with van der Waals surface area (Å²) in [6.45, 7) is 6.40. The van der Waals surface area contributed by atoms with Gasteiger partial charge in [-0.05, 0) is 89.9 Å². The van der Waals surface area contributed by atoms with Gasteiger partial charge in [0, 0.05) is 19.3 Å². The van der Waals surface area contributed by atoms with Crippen LogP contribution in [0, 0.1) is 0 Å². The van der Waals surface area contributed by atoms with Crippen LogP contribution in [0.2, 0.25) is 0 Å². The van der Waals surface area contributed by atoms with E-state index in [1.165, 1.54) is 122 Å². The first-order valence-corrected chi connectivity index (χ1v) is 29.6. The number of unbranched alkanes of at least 4 members (excludes halogenated alkanes) is 28. The molecule has 0 aromatic carbocycles. The Kier molecular flexibility index (Phi) is 55.3. The van der Waals surface area contributed by atoms with Crippen molar-refractivity contribution in [2.45, 2.75) is 290 Å². The SMILES string of the molecule is CC/C=C\C/C=C\C/C=C\C/C=C\C/C=C\CCCCCCCCCCCCCCCCCCCC(=O)OCC(COC(=O)CCCCCCCC)OC(=O)CCCCCCC/C=C\C/C=C\CCC. The number of ether oxygens (including phenoxy) is 3. The number of carbonyl (C=O) groups excluding carboxylic acids is 3. The minimum absolute atomic E-state index is 0.0791. The highest BCUT2D eigenvalue weighted by molar-refractivity contribution is 5.71. The van der Waals surface area contributed by atoms with Crippen molar-refractivity contribution in [3.05, 3.63) is 85.1 Å². The molecular weight excluding hydrogens is 865 g/mol. The lowest BCUT2D eigenvalue weighted by Gasteiger charge is -2.18. The molecule has 0 aromatic rings. The van der Waals surface area contributed by atoms with E-state index < -0.39 is 6.10 Å². The van der Waals surface area contributed by atoms with Gasteiger partial charge in [0.1, 0.15) is 13.2 Å². The van der Waals surface area contributed by atoms with Crippen LogP contribution < -0.4 is 0 Å². The second kappa shape index (κ2) is 58.2. The van der Waals surface area contributed by atoms with Crippen LogP contribution in [-0.4, -0.2) is 37.2 Å². The van der Waals surface area contributed by atoms with E-state index in [1.807, 2.05) is 0 Å². The third-order valence-corrected chi connectivity index (χ3v) is 12.6. The number of carbonyl (C=O) groups is 3. The summed E-state index contributed by atoms with van der Waals surface area (Å²) in [5.41, 5.74) is 0. The molecule has 0 saturated carbocycles. The molecule has 0 amide bonds. The maximum Gasteiger partial charge on any atom is 0.306 e. The van der Waals surface area contributed by atoms with Gasteiger partial charge in [0.2, 0.25) is 0 Å². The molecule has 1 atom stereocenters. The maximum absolute atomic E-state index is 12.7. The van der Waals surface area contributed by atoms with Crippen molar-refractivity contribution in [2.24, 2.45) is 0 Å². The lowest BCUT2D eigenvalue weighted by atomic mass is 10.0. The van der Waals surface area contributed by atoms with Crippen molar-refractivity contribution in [3.63, 3.8) is 0 Å². The van der Waals surface area contributed by atoms with Crippen LogP contribution in [0.15, 0.2) is 85.1 Å². The van der Waals surface area contributed by atoms with E-state index in [0.29, 0.717) is 19.3 Å². The average molecular weight is 976 g/mol. The van der Waals surface area contributed by atoms with Gasteiger partial charge in [0.15, 0.2) is 6.10 Å². The van der Waals surface area contributed by atoms with Crippen LogP contribution in [0.5, 0.6) is 0 Å². The monoisotopic (exact) mass is 975 g/mol. The highest BCUT2D eigenvalue weighted by Crippen LogP contribution is 2.16. The molecule has 0 aromatic heterocycles. The molecule has 0 aliphatic heterocycles. The van der Waals surface area contributed by atoms with Gasteiger partial charge in [-0.25, -0.2) is 0 Å². The average Bonchev–Trinajstić information content (AvgIpc) is 3.36. The summed E-state index contributed by atoms with van der Waals surface area (Å²) < 4.78 is 16.7. The van der Waals surface area contributed by atoms with Crippen molar-refractivity contribution in [3.8, 4) is 0 Å². The van der Waals surface area contributed by atoms with Gasteiger partial charge in [0.05, 0.1) is 0 Å². The Balaban J connectivity index is 3.96. The minimum Gasteiger partial charge on any atom is -0.462 e. The maximum atomic E-state index is 12.7. The van der Waals surface area contributed by atoms with E-state index in [1.54, 1.807) is 0 Å². The molecule has 6 nitrogen and oxygen atoms in total. The molecule has 0 rings (SSSR count). The highest BCUT2D eigenvalue weighted by atomic mass is 16.6. The van der Waals surface area contributed by atoms with E-state index in [9.17, 15) is 14.4 Å². The van der Waals surface area contributed by atoms with E-state index >= 15 is 0 Å². The number of hydrogen-bond acceptors (Lipinski definition) is 6. The fourth-order valence-corrected chi connectivity index (χ4v) is 8.21. The first kappa shape index (κ1) is 66.6. The molecule has 0 spiro atoms. The fraction of sp³-hybridized carbons (Fsp3) is 0.734. The Bertz CT molecular complexity index is 1350. The van der Waals surface area contributed by atoms with Crippen LogP contribution in [0.3, 0.4) is 0 Å². The van der Waals surface area contributed by atoms with Crippen LogP contribution in [0.25, 0.3) is 0 Å². The minimum atomic E-state index is -0.777. The Morgan fingerprint density at radius 3 is 0.929 bits per heavy atom. The number of rotatable bonds is 53. The van der Waals surface area contributed by atoms with E-state index in [4.69, 9.17) is 14.2 Å². The van der Waals surface area contributed by atoms with Crippen LogP contribution >= 0.6 is 0 Å². The highest BCUT2D eigenvalue weighted by Gasteiger charge is 2.19. The Morgan fingerprint density at radius 1 is 0.300 bits per heavy atom. The molecule has 1 unspecified atom stereocenters. The molecule has 0 bridgehead atoms. The van der Waals surface area contributed by atoms with Gasteiger partial charge >= 0.3 is 17.9 Å². The predicted octanol–water partition coefficient (Wildman–Crippen LogP) is 19.9. The predicted molar refractivity (Wildman–Crippen MR) is 302 cm³/mol. The number of hydrogen-bond donors (Lipinski definition) is 0. The van der Waals surface area contributed by atoms with E-state index in [0.717, 1.165) is 122 Å². The Morgan fingerprint density at radius 2 is 0.586 bits per heavy atom. The first-order valence-electron chi connectivity index (χ1n) is 29.6. The van der Waals surface area contributed by atoms with Gasteiger partial charge in [-0.3, -0.25) is 14.4 Å². The van der Waals surface area contributed by atoms with Crippen molar-refractivity contribution >= 4 is 17.9 Å². The smallest absolute Gasteiger partial charge is 0.306 e. The summed E-state index contributed by atoms with van der Waals surface area (Å²) in [7, 11) is 0. The molecule has 0 radical (unpaired) electrons. The van der Waals surface area contributed by atoms with Gasteiger partial charge in [-0.15, -0.1) is 0 Å². The summed E-state index contributed by atoms with van der Waals surface area (Å²) in [6.07, 6.45) is 76.3. The summed E-state index contributed by atoms with van der Waals surface area (Å²) in [5.74, 6) is -0.898. The first-order chi connectivity index (χ1) is 34.5. The Hall–Kier alpha value is -3.41. The molecule has 70 heavy (non-hydrogen) atoms. The quantitative estimate of drug-likeness (QED) is 0.0261. The standard InChI is InChI=1S/C64H110O6/c1-4-7-10-13-16-18-20-22-23-24-25-26-27-28-29-30-31-32-33-34-35-36-37-38-39-40-41-43-44-46-48-51-54-57-63(66)69-60-61(59-68-62(65)56-53-50-15-12-9-6-3)70-64(67)58-55-52-49-47-45-42-21-19-17-14-11-8-5-2/h7,10-11,14,16,18-19,21-23,25-26,28-29,61H,4-6,8-9,12-13,15,17,20,24,27,30-60H2,1-3H3/b10-7-,14-11-,18-16-,21-19-,23-22-,26-25-,29-28-. The third kappa shape index (κ3) is 55.5. The summed E-state index contributed by atoms with van der Waals surface area (Å²) in [6, 6.07) is 0. The van der Waals surface area contributed by atoms with Crippen molar-refractivity contribution in [2.75, 3.05) is 13.2 Å². The van der Waals surface area contributed by atoms with Gasteiger partial charge in [-0.1, -0.05) is 260 Å². The van der Waals surface area contributed by atoms with Crippen LogP contribution in [-0.2, 0) is 28.6 Å². The van der Waals surface area contributed by atoms with Crippen LogP contribution in [0.4, 0.5) is 0 Å². The molecule has 0 saturated heterocycles. The van der Waals surface area contributed by atoms with Crippen molar-refractivity contribution in [1.29, 1.82) is 0 Å². The van der Waals surface area contributed by atoms with E-state index in [-0.39, 0.29) is 31.1 Å². The van der Waals surface area contributed by atoms with Gasteiger partial charge in [0.25, 0.3) is 0 Å². The molecule has 0 N–H and O–H groups in total. The molecule has 0 aliphatic rings. The topological polar surface area (TPSA) is 78.9 Å². The molecule has 0 fully saturated rings. The van der Waals surface area contributed by atoms with E-state index in [2.05, 4.69) is 106 Å². The molecule has 0 aliphatic carbocycles. The zero-order valence-corrected chi connectivity index (χ0v) is 46.0. The second-order valence-corrected chi connectivity index (χ2v) is 19.5. The lowest BCUT2D eigenvalue weighted by molar-refractivity contribution is -0.167. The summed E-state index contributed by atoms with van der Waals surface area (Å²) in [5, 5.41) is 0. The van der Waals surface area contributed by atoms with Crippen molar-refractivity contribution < 1.29 is 28.6 Å². The lowest BCUT2D eigenvalue weighted by Crippen LogP contribution is -2.30. The fourth-order valence-electron chi connectivity index (χ4n) is 8.21. The Labute approximate surface area is 433 Å². The van der Waals surface area contributed by atoms with Gasteiger partial charge in [-0.2, -0.15) is 0 Å².